The molecule has 7 heteroatoms. The number of hydrogen-bond donors (Lipinski definition) is 0. The lowest BCUT2D eigenvalue weighted by molar-refractivity contribution is 0.622. The minimum absolute atomic E-state index is 0.238. The van der Waals surface area contributed by atoms with Crippen LogP contribution in [0.2, 0.25) is 0 Å². The molecule has 0 amide bonds. The van der Waals surface area contributed by atoms with Crippen molar-refractivity contribution in [3.05, 3.63) is 40.1 Å². The molecule has 0 spiro atoms. The summed E-state index contributed by atoms with van der Waals surface area (Å²) in [6.07, 6.45) is 1.87. The van der Waals surface area contributed by atoms with E-state index in [1.807, 2.05) is 24.7 Å². The zero-order valence-corrected chi connectivity index (χ0v) is 13.2. The molecule has 0 saturated heterocycles. The molecule has 0 bridgehead atoms. The Bertz CT molecular complexity index is 808. The Balaban J connectivity index is 2.38. The number of fused-ring (bicyclic) bond motifs is 1. The lowest BCUT2D eigenvalue weighted by Gasteiger charge is -2.06. The van der Waals surface area contributed by atoms with Gasteiger partial charge in [-0.15, -0.1) is 11.6 Å². The van der Waals surface area contributed by atoms with Crippen LogP contribution in [0.25, 0.3) is 16.7 Å². The maximum atomic E-state index is 13.8. The highest BCUT2D eigenvalue weighted by molar-refractivity contribution is 9.10. The summed E-state index contributed by atoms with van der Waals surface area (Å²) in [5.41, 5.74) is 3.06. The number of benzene rings is 1. The van der Waals surface area contributed by atoms with E-state index in [-0.39, 0.29) is 11.7 Å². The Labute approximate surface area is 128 Å². The lowest BCUT2D eigenvalue weighted by atomic mass is 10.3. The van der Waals surface area contributed by atoms with Crippen molar-refractivity contribution in [2.24, 2.45) is 7.05 Å². The van der Waals surface area contributed by atoms with Crippen molar-refractivity contribution in [1.82, 2.24) is 19.3 Å². The Morgan fingerprint density at radius 1 is 1.40 bits per heavy atom. The number of rotatable bonds is 2. The van der Waals surface area contributed by atoms with E-state index < -0.39 is 0 Å². The molecule has 2 heterocycles. The van der Waals surface area contributed by atoms with Crippen LogP contribution < -0.4 is 0 Å². The lowest BCUT2D eigenvalue weighted by Crippen LogP contribution is -2.00. The number of nitrogens with zero attached hydrogens (tertiary/aromatic N) is 4. The number of imidazole rings is 1. The van der Waals surface area contributed by atoms with Gasteiger partial charge in [0, 0.05) is 19.3 Å². The van der Waals surface area contributed by atoms with Crippen LogP contribution in [-0.4, -0.2) is 19.3 Å². The first kappa shape index (κ1) is 13.6. The minimum Gasteiger partial charge on any atom is -0.292 e. The molecule has 0 unspecified atom stereocenters. The molecule has 0 aliphatic heterocycles. The van der Waals surface area contributed by atoms with Gasteiger partial charge in [-0.3, -0.25) is 9.25 Å². The van der Waals surface area contributed by atoms with Crippen LogP contribution in [0, 0.1) is 12.7 Å². The molecule has 3 rings (SSSR count). The highest BCUT2D eigenvalue weighted by atomic mass is 79.9. The molecule has 1 aromatic carbocycles. The van der Waals surface area contributed by atoms with E-state index in [2.05, 4.69) is 26.0 Å². The van der Waals surface area contributed by atoms with Gasteiger partial charge in [0.15, 0.2) is 0 Å². The molecule has 2 aromatic heterocycles. The van der Waals surface area contributed by atoms with Crippen LogP contribution in [-0.2, 0) is 12.9 Å². The molecule has 20 heavy (non-hydrogen) atoms. The second kappa shape index (κ2) is 4.86. The summed E-state index contributed by atoms with van der Waals surface area (Å²) in [6.45, 7) is 1.90. The van der Waals surface area contributed by atoms with E-state index in [1.165, 1.54) is 6.07 Å². The van der Waals surface area contributed by atoms with Gasteiger partial charge in [0.05, 0.1) is 32.8 Å². The van der Waals surface area contributed by atoms with Gasteiger partial charge >= 0.3 is 0 Å². The molecule has 4 nitrogen and oxygen atoms in total. The molecule has 0 saturated carbocycles. The zero-order chi connectivity index (χ0) is 14.4. The Hall–Kier alpha value is -1.40. The van der Waals surface area contributed by atoms with E-state index in [1.54, 1.807) is 10.7 Å². The highest BCUT2D eigenvalue weighted by Crippen LogP contribution is 2.28. The molecular weight excluding hydrogens is 347 g/mol. The Morgan fingerprint density at radius 3 is 2.75 bits per heavy atom. The van der Waals surface area contributed by atoms with Crippen LogP contribution in [0.15, 0.2) is 22.8 Å². The molecule has 0 N–H and O–H groups in total. The fourth-order valence-electron chi connectivity index (χ4n) is 2.29. The first-order valence-corrected chi connectivity index (χ1v) is 7.27. The zero-order valence-electron chi connectivity index (χ0n) is 10.9. The average Bonchev–Trinajstić information content (AvgIpc) is 2.89. The van der Waals surface area contributed by atoms with E-state index in [9.17, 15) is 4.39 Å². The largest absolute Gasteiger partial charge is 0.292 e. The summed E-state index contributed by atoms with van der Waals surface area (Å²) in [5.74, 6) is 0.569. The van der Waals surface area contributed by atoms with E-state index in [4.69, 9.17) is 11.6 Å². The number of alkyl halides is 1. The summed E-state index contributed by atoms with van der Waals surface area (Å²) >= 11 is 9.15. The smallest absolute Gasteiger partial charge is 0.139 e. The van der Waals surface area contributed by atoms with Gasteiger partial charge in [0.2, 0.25) is 0 Å². The number of hydrogen-bond acceptors (Lipinski definition) is 2. The van der Waals surface area contributed by atoms with Gasteiger partial charge in [-0.25, -0.2) is 9.37 Å². The molecule has 0 aliphatic carbocycles. The summed E-state index contributed by atoms with van der Waals surface area (Å²) in [7, 11) is 1.84. The maximum Gasteiger partial charge on any atom is 0.139 e. The quantitative estimate of drug-likeness (QED) is 0.656. The van der Waals surface area contributed by atoms with E-state index >= 15 is 0 Å². The van der Waals surface area contributed by atoms with Crippen LogP contribution in [0.5, 0.6) is 0 Å². The molecule has 0 fully saturated rings. The van der Waals surface area contributed by atoms with Gasteiger partial charge in [0.1, 0.15) is 11.6 Å². The van der Waals surface area contributed by atoms with Crippen molar-refractivity contribution in [1.29, 1.82) is 0 Å². The number of aryl methyl sites for hydroxylation is 2. The Morgan fingerprint density at radius 2 is 2.15 bits per heavy atom. The first-order chi connectivity index (χ1) is 9.51. The van der Waals surface area contributed by atoms with Gasteiger partial charge in [-0.1, -0.05) is 0 Å². The third kappa shape index (κ3) is 2.03. The standard InChI is InChI=1S/C13H11BrClFN4/c1-7-12(6-19(2)18-7)20-11-4-9(16)8(14)3-10(11)17-13(20)5-15/h3-4,6H,5H2,1-2H3. The SMILES string of the molecule is Cc1nn(C)cc1-n1c(CCl)nc2cc(Br)c(F)cc21. The molecule has 104 valence electrons. The maximum absolute atomic E-state index is 13.8. The fourth-order valence-corrected chi connectivity index (χ4v) is 2.80. The minimum atomic E-state index is -0.332. The van der Waals surface area contributed by atoms with Crippen molar-refractivity contribution in [3.8, 4) is 5.69 Å². The fraction of sp³-hybridized carbons (Fsp3) is 0.231. The normalized spacial score (nSPS) is 11.4. The van der Waals surface area contributed by atoms with Crippen molar-refractivity contribution in [2.75, 3.05) is 0 Å². The average molecular weight is 358 g/mol. The molecule has 0 aliphatic rings. The topological polar surface area (TPSA) is 35.6 Å². The number of halogens is 3. The third-order valence-electron chi connectivity index (χ3n) is 3.11. The van der Waals surface area contributed by atoms with Crippen molar-refractivity contribution < 1.29 is 4.39 Å². The third-order valence-corrected chi connectivity index (χ3v) is 3.96. The second-order valence-corrected chi connectivity index (χ2v) is 5.65. The highest BCUT2D eigenvalue weighted by Gasteiger charge is 2.17. The van der Waals surface area contributed by atoms with Gasteiger partial charge < -0.3 is 0 Å². The van der Waals surface area contributed by atoms with Crippen LogP contribution in [0.3, 0.4) is 0 Å². The van der Waals surface area contributed by atoms with Crippen molar-refractivity contribution in [2.45, 2.75) is 12.8 Å². The molecule has 0 radical (unpaired) electrons. The number of aromatic nitrogens is 4. The monoisotopic (exact) mass is 356 g/mol. The summed E-state index contributed by atoms with van der Waals surface area (Å²) < 4.78 is 17.8. The van der Waals surface area contributed by atoms with E-state index in [0.29, 0.717) is 21.3 Å². The molecule has 0 atom stereocenters. The van der Waals surface area contributed by atoms with Crippen LogP contribution in [0.4, 0.5) is 4.39 Å². The first-order valence-electron chi connectivity index (χ1n) is 5.94. The summed E-state index contributed by atoms with van der Waals surface area (Å²) in [6, 6.07) is 3.11. The van der Waals surface area contributed by atoms with Gasteiger partial charge in [-0.2, -0.15) is 5.10 Å². The predicted molar refractivity (Wildman–Crippen MR) is 79.8 cm³/mol. The second-order valence-electron chi connectivity index (χ2n) is 4.53. The summed E-state index contributed by atoms with van der Waals surface area (Å²) in [5, 5.41) is 4.31. The molecular formula is C13H11BrClFN4. The molecule has 3 aromatic rings. The van der Waals surface area contributed by atoms with Gasteiger partial charge in [0.25, 0.3) is 0 Å². The van der Waals surface area contributed by atoms with E-state index in [0.717, 1.165) is 11.4 Å². The summed E-state index contributed by atoms with van der Waals surface area (Å²) in [4.78, 5) is 4.46. The predicted octanol–water partition coefficient (Wildman–Crippen LogP) is 3.71. The van der Waals surface area contributed by atoms with Crippen molar-refractivity contribution >= 4 is 38.6 Å². The van der Waals surface area contributed by atoms with Crippen molar-refractivity contribution in [3.63, 3.8) is 0 Å². The van der Waals surface area contributed by atoms with Crippen LogP contribution in [0.1, 0.15) is 11.5 Å². The Kier molecular flexibility index (Phi) is 3.30. The van der Waals surface area contributed by atoms with Gasteiger partial charge in [-0.05, 0) is 28.9 Å². The van der Waals surface area contributed by atoms with Crippen LogP contribution >= 0.6 is 27.5 Å².